The smallest absolute Gasteiger partial charge is 0.336 e. The zero-order chi connectivity index (χ0) is 30.4. The molecular weight excluding hydrogens is 580 g/mol. The van der Waals surface area contributed by atoms with E-state index in [-0.39, 0.29) is 17.0 Å². The molecule has 2 amide bonds. The topological polar surface area (TPSA) is 142 Å². The molecule has 0 fully saturated rings. The number of benzene rings is 4. The number of nitrogens with one attached hydrogen (secondary N) is 2. The summed E-state index contributed by atoms with van der Waals surface area (Å²) in [4.78, 5) is 50.2. The van der Waals surface area contributed by atoms with Crippen molar-refractivity contribution in [3.8, 4) is 5.75 Å². The summed E-state index contributed by atoms with van der Waals surface area (Å²) in [5, 5.41) is 24.1. The third-order valence-corrected chi connectivity index (χ3v) is 7.82. The Morgan fingerprint density at radius 1 is 0.833 bits per heavy atom. The predicted octanol–water partition coefficient (Wildman–Crippen LogP) is 6.78. The lowest BCUT2D eigenvalue weighted by Gasteiger charge is -2.19. The first kappa shape index (κ1) is 30.2. The lowest BCUT2D eigenvalue weighted by atomic mass is 10.0. The zero-order valence-corrected chi connectivity index (χ0v) is 24.0. The van der Waals surface area contributed by atoms with Crippen LogP contribution < -0.4 is 15.4 Å². The zero-order valence-electron chi connectivity index (χ0n) is 22.4. The number of carboxylic acid groups (broad SMARTS) is 2. The van der Waals surface area contributed by atoms with Crippen molar-refractivity contribution in [2.75, 3.05) is 17.7 Å². The van der Waals surface area contributed by atoms with Gasteiger partial charge in [0.25, 0.3) is 5.91 Å². The third-order valence-electron chi connectivity index (χ3n) is 6.17. The lowest BCUT2D eigenvalue weighted by molar-refractivity contribution is -0.115. The first-order valence-electron chi connectivity index (χ1n) is 12.5. The van der Waals surface area contributed by atoms with Crippen molar-refractivity contribution in [1.29, 1.82) is 0 Å². The summed E-state index contributed by atoms with van der Waals surface area (Å²) in [6.07, 6.45) is 0. The highest BCUT2D eigenvalue weighted by Crippen LogP contribution is 2.39. The van der Waals surface area contributed by atoms with Gasteiger partial charge in [0.15, 0.2) is 0 Å². The van der Waals surface area contributed by atoms with E-state index >= 15 is 0 Å². The summed E-state index contributed by atoms with van der Waals surface area (Å²) in [7, 11) is 1.49. The van der Waals surface area contributed by atoms with Crippen LogP contribution in [0.25, 0.3) is 0 Å². The third kappa shape index (κ3) is 7.09. The number of aromatic carboxylic acids is 2. The van der Waals surface area contributed by atoms with Crippen LogP contribution in [0.4, 0.5) is 11.4 Å². The number of anilines is 2. The summed E-state index contributed by atoms with van der Waals surface area (Å²) in [5.41, 5.74) is 1.44. The van der Waals surface area contributed by atoms with Gasteiger partial charge in [-0.1, -0.05) is 48.0 Å². The van der Waals surface area contributed by atoms with Crippen LogP contribution in [0.1, 0.15) is 47.5 Å². The molecule has 0 aliphatic carbocycles. The molecule has 0 radical (unpaired) electrons. The lowest BCUT2D eigenvalue weighted by Crippen LogP contribution is -2.19. The van der Waals surface area contributed by atoms with Gasteiger partial charge in [-0.15, -0.1) is 11.8 Å². The van der Waals surface area contributed by atoms with Crippen molar-refractivity contribution in [3.63, 3.8) is 0 Å². The Morgan fingerprint density at radius 3 is 2.24 bits per heavy atom. The largest absolute Gasteiger partial charge is 0.495 e. The second kappa shape index (κ2) is 13.2. The Balaban J connectivity index is 1.60. The molecular formula is C31H25ClN2O7S. The number of carbonyl (C=O) groups is 4. The minimum absolute atomic E-state index is 0.195. The van der Waals surface area contributed by atoms with Gasteiger partial charge in [-0.2, -0.15) is 0 Å². The highest BCUT2D eigenvalue weighted by molar-refractivity contribution is 8.00. The molecule has 1 unspecified atom stereocenters. The molecule has 0 aliphatic rings. The number of carbonyl (C=O) groups excluding carboxylic acids is 2. The number of hydrogen-bond donors (Lipinski definition) is 4. The number of rotatable bonds is 10. The van der Waals surface area contributed by atoms with E-state index in [0.717, 1.165) is 29.3 Å². The van der Waals surface area contributed by atoms with Gasteiger partial charge in [0.2, 0.25) is 5.91 Å². The van der Waals surface area contributed by atoms with Gasteiger partial charge in [-0.05, 0) is 60.5 Å². The molecule has 9 nitrogen and oxygen atoms in total. The highest BCUT2D eigenvalue weighted by Gasteiger charge is 2.24. The van der Waals surface area contributed by atoms with Crippen LogP contribution >= 0.6 is 23.4 Å². The molecule has 214 valence electrons. The number of amides is 2. The van der Waals surface area contributed by atoms with Gasteiger partial charge in [0.05, 0.1) is 29.5 Å². The summed E-state index contributed by atoms with van der Waals surface area (Å²) >= 11 is 7.47. The molecule has 0 bridgehead atoms. The van der Waals surface area contributed by atoms with Gasteiger partial charge in [-0.25, -0.2) is 9.59 Å². The maximum atomic E-state index is 13.6. The summed E-state index contributed by atoms with van der Waals surface area (Å²) in [6, 6.07) is 22.5. The number of halogens is 1. The second-order valence-electron chi connectivity index (χ2n) is 9.05. The number of hydrogen-bond acceptors (Lipinski definition) is 6. The average molecular weight is 605 g/mol. The SMILES string of the molecule is COc1cc(Cl)c(C)cc1NC(=O)C(Sc1cccc(NC(=O)c2ccc(C(=O)O)cc2C(=O)O)c1)c1ccccc1. The van der Waals surface area contributed by atoms with E-state index in [0.29, 0.717) is 27.0 Å². The van der Waals surface area contributed by atoms with Crippen molar-refractivity contribution in [2.24, 2.45) is 0 Å². The molecule has 0 saturated carbocycles. The number of aryl methyl sites for hydroxylation is 1. The van der Waals surface area contributed by atoms with Gasteiger partial charge in [0, 0.05) is 21.7 Å². The van der Waals surface area contributed by atoms with Crippen molar-refractivity contribution in [1.82, 2.24) is 0 Å². The fraction of sp³-hybridized carbons (Fsp3) is 0.0968. The Hall–Kier alpha value is -4.80. The van der Waals surface area contributed by atoms with Crippen molar-refractivity contribution in [3.05, 3.63) is 118 Å². The highest BCUT2D eigenvalue weighted by atomic mass is 35.5. The molecule has 4 N–H and O–H groups in total. The molecule has 4 rings (SSSR count). The first-order chi connectivity index (χ1) is 20.1. The Bertz CT molecular complexity index is 1680. The van der Waals surface area contributed by atoms with Crippen molar-refractivity contribution >= 4 is 58.5 Å². The van der Waals surface area contributed by atoms with Crippen molar-refractivity contribution in [2.45, 2.75) is 17.1 Å². The minimum atomic E-state index is -1.43. The summed E-state index contributed by atoms with van der Waals surface area (Å²) in [6.45, 7) is 1.82. The first-order valence-corrected chi connectivity index (χ1v) is 13.7. The normalized spacial score (nSPS) is 11.3. The Kier molecular flexibility index (Phi) is 9.51. The number of ether oxygens (including phenoxy) is 1. The molecule has 4 aromatic carbocycles. The monoisotopic (exact) mass is 604 g/mol. The number of carboxylic acids is 2. The van der Waals surface area contributed by atoms with Gasteiger partial charge < -0.3 is 25.6 Å². The van der Waals surface area contributed by atoms with E-state index in [9.17, 15) is 29.4 Å². The van der Waals surface area contributed by atoms with Crippen LogP contribution in [0.3, 0.4) is 0 Å². The summed E-state index contributed by atoms with van der Waals surface area (Å²) < 4.78 is 5.40. The van der Waals surface area contributed by atoms with Crippen molar-refractivity contribution < 1.29 is 34.1 Å². The van der Waals surface area contributed by atoms with Crippen LogP contribution in [0.15, 0.2) is 89.8 Å². The maximum Gasteiger partial charge on any atom is 0.336 e. The molecule has 4 aromatic rings. The molecule has 1 atom stereocenters. The number of methoxy groups -OCH3 is 1. The van der Waals surface area contributed by atoms with Gasteiger partial charge in [0.1, 0.15) is 11.0 Å². The fourth-order valence-corrected chi connectivity index (χ4v) is 5.30. The summed E-state index contributed by atoms with van der Waals surface area (Å²) in [5.74, 6) is -3.37. The molecule has 0 saturated heterocycles. The number of thioether (sulfide) groups is 1. The van der Waals surface area contributed by atoms with Crippen LogP contribution in [0.2, 0.25) is 5.02 Å². The van der Waals surface area contributed by atoms with Crippen LogP contribution in [0, 0.1) is 6.92 Å². The predicted molar refractivity (Wildman–Crippen MR) is 161 cm³/mol. The van der Waals surface area contributed by atoms with Gasteiger partial charge >= 0.3 is 11.9 Å². The molecule has 0 aliphatic heterocycles. The molecule has 11 heteroatoms. The minimum Gasteiger partial charge on any atom is -0.495 e. The molecule has 0 aromatic heterocycles. The van der Waals surface area contributed by atoms with E-state index < -0.39 is 28.7 Å². The van der Waals surface area contributed by atoms with Crippen LogP contribution in [-0.4, -0.2) is 41.1 Å². The molecule has 0 spiro atoms. The second-order valence-corrected chi connectivity index (χ2v) is 10.6. The fourth-order valence-electron chi connectivity index (χ4n) is 4.06. The van der Waals surface area contributed by atoms with E-state index in [1.807, 2.05) is 37.3 Å². The maximum absolute atomic E-state index is 13.6. The Morgan fingerprint density at radius 2 is 1.57 bits per heavy atom. The molecule has 42 heavy (non-hydrogen) atoms. The van der Waals surface area contributed by atoms with E-state index in [2.05, 4.69) is 10.6 Å². The van der Waals surface area contributed by atoms with Crippen LogP contribution in [-0.2, 0) is 4.79 Å². The van der Waals surface area contributed by atoms with E-state index in [1.54, 1.807) is 36.4 Å². The van der Waals surface area contributed by atoms with Crippen LogP contribution in [0.5, 0.6) is 5.75 Å². The standard InChI is InChI=1S/C31H25ClN2O7S/c1-17-13-25(26(41-2)16-24(17)32)34-29(36)27(18-7-4-3-5-8-18)42-21-10-6-9-20(15-21)33-28(35)22-12-11-19(30(37)38)14-23(22)31(39)40/h3-16,27H,1-2H3,(H,33,35)(H,34,36)(H,37,38)(H,39,40). The average Bonchev–Trinajstić information content (AvgIpc) is 2.97. The van der Waals surface area contributed by atoms with E-state index in [4.69, 9.17) is 16.3 Å². The van der Waals surface area contributed by atoms with Gasteiger partial charge in [-0.3, -0.25) is 9.59 Å². The van der Waals surface area contributed by atoms with E-state index in [1.165, 1.54) is 18.9 Å². The quantitative estimate of drug-likeness (QED) is 0.145. The Labute approximate surface area is 250 Å². The molecule has 0 heterocycles.